The molecule has 2 aromatic carbocycles. The van der Waals surface area contributed by atoms with Crippen LogP contribution in [0.3, 0.4) is 0 Å². The third kappa shape index (κ3) is 4.86. The van der Waals surface area contributed by atoms with Gasteiger partial charge in [0.2, 0.25) is 5.91 Å². The molecule has 8 heteroatoms. The van der Waals surface area contributed by atoms with Gasteiger partial charge in [-0.15, -0.1) is 10.2 Å². The Morgan fingerprint density at radius 1 is 0.967 bits per heavy atom. The fraction of sp³-hybridized carbons (Fsp3) is 0.227. The van der Waals surface area contributed by atoms with Gasteiger partial charge in [0.25, 0.3) is 0 Å². The van der Waals surface area contributed by atoms with E-state index >= 15 is 0 Å². The minimum Gasteiger partial charge on any atom is -0.354 e. The molecular weight excluding hydrogens is 443 g/mol. The number of rotatable bonds is 4. The van der Waals surface area contributed by atoms with E-state index in [1.165, 1.54) is 0 Å². The van der Waals surface area contributed by atoms with Gasteiger partial charge in [0, 0.05) is 29.4 Å². The molecule has 1 fully saturated rings. The van der Waals surface area contributed by atoms with Crippen LogP contribution in [0, 0.1) is 5.92 Å². The predicted octanol–water partition coefficient (Wildman–Crippen LogP) is 5.96. The first kappa shape index (κ1) is 20.9. The van der Waals surface area contributed by atoms with E-state index in [9.17, 15) is 4.79 Å². The lowest BCUT2D eigenvalue weighted by molar-refractivity contribution is -0.120. The summed E-state index contributed by atoms with van der Waals surface area (Å²) in [6.07, 6.45) is 1.72. The lowest BCUT2D eigenvalue weighted by Gasteiger charge is -2.32. The van der Waals surface area contributed by atoms with E-state index in [-0.39, 0.29) is 11.8 Å². The molecule has 0 radical (unpaired) electrons. The van der Waals surface area contributed by atoms with E-state index in [0.717, 1.165) is 36.5 Å². The lowest BCUT2D eigenvalue weighted by atomic mass is 9.97. The van der Waals surface area contributed by atoms with E-state index in [2.05, 4.69) is 20.4 Å². The first-order valence-electron chi connectivity index (χ1n) is 9.60. The monoisotopic (exact) mass is 460 g/mol. The minimum atomic E-state index is -0.147. The van der Waals surface area contributed by atoms with Crippen molar-refractivity contribution in [1.82, 2.24) is 10.2 Å². The molecule has 1 saturated heterocycles. The SMILES string of the molecule is O=C(Nc1ccc(Cl)c(Cl)c1)C1CCCN(c2ccc(-c3ccc(Cl)cc3)nn2)C1. The second-order valence-electron chi connectivity index (χ2n) is 7.19. The second kappa shape index (κ2) is 9.21. The molecule has 1 unspecified atom stereocenters. The molecule has 1 N–H and O–H groups in total. The van der Waals surface area contributed by atoms with E-state index < -0.39 is 0 Å². The van der Waals surface area contributed by atoms with Gasteiger partial charge in [0.05, 0.1) is 21.7 Å². The van der Waals surface area contributed by atoms with Crippen molar-refractivity contribution in [1.29, 1.82) is 0 Å². The normalized spacial score (nSPS) is 16.4. The molecule has 154 valence electrons. The topological polar surface area (TPSA) is 58.1 Å². The average molecular weight is 462 g/mol. The van der Waals surface area contributed by atoms with Crippen molar-refractivity contribution in [2.75, 3.05) is 23.3 Å². The average Bonchev–Trinajstić information content (AvgIpc) is 2.77. The van der Waals surface area contributed by atoms with Crippen LogP contribution < -0.4 is 10.2 Å². The number of benzene rings is 2. The smallest absolute Gasteiger partial charge is 0.229 e. The summed E-state index contributed by atoms with van der Waals surface area (Å²) < 4.78 is 0. The number of piperidine rings is 1. The Kier molecular flexibility index (Phi) is 6.42. The quantitative estimate of drug-likeness (QED) is 0.521. The Balaban J connectivity index is 1.42. The van der Waals surface area contributed by atoms with Crippen LogP contribution in [0.5, 0.6) is 0 Å². The maximum absolute atomic E-state index is 12.7. The fourth-order valence-electron chi connectivity index (χ4n) is 3.49. The van der Waals surface area contributed by atoms with Crippen LogP contribution in [0.25, 0.3) is 11.3 Å². The van der Waals surface area contributed by atoms with E-state index in [0.29, 0.717) is 27.3 Å². The number of anilines is 2. The summed E-state index contributed by atoms with van der Waals surface area (Å²) in [5, 5.41) is 13.2. The third-order valence-electron chi connectivity index (χ3n) is 5.09. The summed E-state index contributed by atoms with van der Waals surface area (Å²) in [6, 6.07) is 16.4. The number of hydrogen-bond donors (Lipinski definition) is 1. The van der Waals surface area contributed by atoms with E-state index in [1.54, 1.807) is 18.2 Å². The molecule has 0 spiro atoms. The zero-order valence-electron chi connectivity index (χ0n) is 16.0. The number of carbonyl (C=O) groups excluding carboxylic acids is 1. The van der Waals surface area contributed by atoms with Crippen LogP contribution in [0.15, 0.2) is 54.6 Å². The lowest BCUT2D eigenvalue weighted by Crippen LogP contribution is -2.41. The van der Waals surface area contributed by atoms with Crippen molar-refractivity contribution >= 4 is 52.2 Å². The Morgan fingerprint density at radius 3 is 2.47 bits per heavy atom. The van der Waals surface area contributed by atoms with Crippen molar-refractivity contribution in [2.24, 2.45) is 5.92 Å². The molecule has 30 heavy (non-hydrogen) atoms. The zero-order chi connectivity index (χ0) is 21.1. The first-order chi connectivity index (χ1) is 14.5. The zero-order valence-corrected chi connectivity index (χ0v) is 18.3. The van der Waals surface area contributed by atoms with Gasteiger partial charge in [-0.1, -0.05) is 46.9 Å². The summed E-state index contributed by atoms with van der Waals surface area (Å²) in [5.74, 6) is 0.578. The Hall–Kier alpha value is -2.34. The van der Waals surface area contributed by atoms with Gasteiger partial charge in [0.15, 0.2) is 5.82 Å². The molecule has 1 aromatic heterocycles. The van der Waals surface area contributed by atoms with Gasteiger partial charge in [0.1, 0.15) is 0 Å². The molecule has 4 rings (SSSR count). The van der Waals surface area contributed by atoms with Crippen molar-refractivity contribution in [3.05, 3.63) is 69.7 Å². The number of aromatic nitrogens is 2. The van der Waals surface area contributed by atoms with Crippen LogP contribution in [-0.4, -0.2) is 29.2 Å². The molecule has 1 atom stereocenters. The van der Waals surface area contributed by atoms with Gasteiger partial charge >= 0.3 is 0 Å². The highest BCUT2D eigenvalue weighted by atomic mass is 35.5. The molecule has 0 aliphatic carbocycles. The summed E-state index contributed by atoms with van der Waals surface area (Å²) in [5.41, 5.74) is 2.37. The van der Waals surface area contributed by atoms with Crippen molar-refractivity contribution in [3.8, 4) is 11.3 Å². The molecule has 0 bridgehead atoms. The molecule has 1 aliphatic rings. The number of nitrogens with one attached hydrogen (secondary N) is 1. The van der Waals surface area contributed by atoms with Crippen LogP contribution in [-0.2, 0) is 4.79 Å². The van der Waals surface area contributed by atoms with Crippen molar-refractivity contribution in [2.45, 2.75) is 12.8 Å². The van der Waals surface area contributed by atoms with E-state index in [4.69, 9.17) is 34.8 Å². The maximum Gasteiger partial charge on any atom is 0.229 e. The van der Waals surface area contributed by atoms with Gasteiger partial charge in [-0.2, -0.15) is 0 Å². The highest BCUT2D eigenvalue weighted by molar-refractivity contribution is 6.42. The molecule has 1 aliphatic heterocycles. The standard InChI is InChI=1S/C22H19Cl3N4O/c23-16-5-3-14(4-6-16)20-9-10-21(28-27-20)29-11-1-2-15(13-29)22(30)26-17-7-8-18(24)19(25)12-17/h3-10,12,15H,1-2,11,13H2,(H,26,30). The number of hydrogen-bond acceptors (Lipinski definition) is 4. The maximum atomic E-state index is 12.7. The van der Waals surface area contributed by atoms with Crippen LogP contribution >= 0.6 is 34.8 Å². The largest absolute Gasteiger partial charge is 0.354 e. The van der Waals surface area contributed by atoms with Crippen LogP contribution in [0.2, 0.25) is 15.1 Å². The van der Waals surface area contributed by atoms with E-state index in [1.807, 2.05) is 36.4 Å². The summed E-state index contributed by atoms with van der Waals surface area (Å²) in [6.45, 7) is 1.42. The van der Waals surface area contributed by atoms with Crippen molar-refractivity contribution in [3.63, 3.8) is 0 Å². The molecular formula is C22H19Cl3N4O. The number of nitrogens with zero attached hydrogens (tertiary/aromatic N) is 3. The predicted molar refractivity (Wildman–Crippen MR) is 123 cm³/mol. The van der Waals surface area contributed by atoms with Gasteiger partial charge in [-0.3, -0.25) is 4.79 Å². The van der Waals surface area contributed by atoms with Crippen LogP contribution in [0.1, 0.15) is 12.8 Å². The molecule has 1 amide bonds. The van der Waals surface area contributed by atoms with Crippen molar-refractivity contribution < 1.29 is 4.79 Å². The molecule has 0 saturated carbocycles. The highest BCUT2D eigenvalue weighted by Crippen LogP contribution is 2.27. The molecule has 3 aromatic rings. The number of halogens is 3. The van der Waals surface area contributed by atoms with Gasteiger partial charge in [-0.25, -0.2) is 0 Å². The van der Waals surface area contributed by atoms with Crippen LogP contribution in [0.4, 0.5) is 11.5 Å². The third-order valence-corrected chi connectivity index (χ3v) is 6.08. The first-order valence-corrected chi connectivity index (χ1v) is 10.7. The van der Waals surface area contributed by atoms with Gasteiger partial charge < -0.3 is 10.2 Å². The molecule has 2 heterocycles. The summed E-state index contributed by atoms with van der Waals surface area (Å²) in [4.78, 5) is 14.8. The molecule has 5 nitrogen and oxygen atoms in total. The second-order valence-corrected chi connectivity index (χ2v) is 8.44. The minimum absolute atomic E-state index is 0.0381. The Bertz CT molecular complexity index is 1040. The number of amides is 1. The highest BCUT2D eigenvalue weighted by Gasteiger charge is 2.27. The Labute approximate surface area is 190 Å². The summed E-state index contributed by atoms with van der Waals surface area (Å²) in [7, 11) is 0. The number of carbonyl (C=O) groups is 1. The Morgan fingerprint density at radius 2 is 1.77 bits per heavy atom. The summed E-state index contributed by atoms with van der Waals surface area (Å²) >= 11 is 17.9. The van der Waals surface area contributed by atoms with Gasteiger partial charge in [-0.05, 0) is 55.3 Å². The fourth-order valence-corrected chi connectivity index (χ4v) is 3.91.